The van der Waals surface area contributed by atoms with E-state index in [1.54, 1.807) is 37.3 Å². The van der Waals surface area contributed by atoms with Gasteiger partial charge < -0.3 is 5.32 Å². The highest BCUT2D eigenvalue weighted by atomic mass is 35.5. The predicted octanol–water partition coefficient (Wildman–Crippen LogP) is 5.96. The first-order chi connectivity index (χ1) is 10.8. The van der Waals surface area contributed by atoms with Crippen LogP contribution in [0.1, 0.15) is 11.3 Å². The number of hydrogen-bond donors (Lipinski definition) is 1. The molecule has 0 aliphatic heterocycles. The zero-order chi connectivity index (χ0) is 16.6. The molecule has 23 heavy (non-hydrogen) atoms. The minimum Gasteiger partial charge on any atom is -0.355 e. The summed E-state index contributed by atoms with van der Waals surface area (Å²) in [5.41, 5.74) is 1.72. The van der Waals surface area contributed by atoms with Gasteiger partial charge in [-0.1, -0.05) is 17.7 Å². The molecule has 0 bridgehead atoms. The Kier molecular flexibility index (Phi) is 3.90. The zero-order valence-electron chi connectivity index (χ0n) is 12.1. The topological polar surface area (TPSA) is 24.9 Å². The second kappa shape index (κ2) is 5.74. The Morgan fingerprint density at radius 3 is 2.35 bits per heavy atom. The molecule has 0 amide bonds. The van der Waals surface area contributed by atoms with Gasteiger partial charge in [0.1, 0.15) is 0 Å². The number of nitrogens with zero attached hydrogens (tertiary/aromatic N) is 1. The highest BCUT2D eigenvalue weighted by Gasteiger charge is 2.30. The maximum Gasteiger partial charge on any atom is 0.416 e. The van der Waals surface area contributed by atoms with E-state index in [1.165, 1.54) is 6.07 Å². The maximum atomic E-state index is 12.8. The van der Waals surface area contributed by atoms with E-state index in [4.69, 9.17) is 11.6 Å². The average Bonchev–Trinajstić information content (AvgIpc) is 2.48. The van der Waals surface area contributed by atoms with Crippen LogP contribution in [-0.2, 0) is 6.18 Å². The molecule has 1 aromatic heterocycles. The zero-order valence-corrected chi connectivity index (χ0v) is 12.8. The van der Waals surface area contributed by atoms with Crippen LogP contribution in [0.2, 0.25) is 5.02 Å². The molecule has 0 unspecified atom stereocenters. The fraction of sp³-hybridized carbons (Fsp3) is 0.118. The van der Waals surface area contributed by atoms with Gasteiger partial charge in [0.15, 0.2) is 0 Å². The predicted molar refractivity (Wildman–Crippen MR) is 86.2 cm³/mol. The molecule has 3 aromatic rings. The highest BCUT2D eigenvalue weighted by Crippen LogP contribution is 2.33. The van der Waals surface area contributed by atoms with Crippen molar-refractivity contribution in [2.24, 2.45) is 0 Å². The molecule has 1 heterocycles. The van der Waals surface area contributed by atoms with Crippen molar-refractivity contribution in [2.75, 3.05) is 5.32 Å². The number of nitrogens with one attached hydrogen (secondary N) is 1. The van der Waals surface area contributed by atoms with E-state index in [0.717, 1.165) is 17.8 Å². The maximum absolute atomic E-state index is 12.8. The third-order valence-corrected chi connectivity index (χ3v) is 3.64. The standard InChI is InChI=1S/C17H12ClF3N2/c1-10-8-15(23-13-5-3-12(18)4-6-13)14-7-2-11(17(19,20)21)9-16(14)22-10/h2-9H,1H3,(H,22,23). The van der Waals surface area contributed by atoms with E-state index in [2.05, 4.69) is 10.3 Å². The average molecular weight is 337 g/mol. The number of anilines is 2. The minimum atomic E-state index is -4.39. The second-order valence-corrected chi connectivity index (χ2v) is 5.61. The smallest absolute Gasteiger partial charge is 0.355 e. The van der Waals surface area contributed by atoms with E-state index in [9.17, 15) is 13.2 Å². The van der Waals surface area contributed by atoms with E-state index >= 15 is 0 Å². The van der Waals surface area contributed by atoms with Crippen LogP contribution >= 0.6 is 11.6 Å². The molecule has 0 aliphatic carbocycles. The van der Waals surface area contributed by atoms with Crippen molar-refractivity contribution >= 4 is 33.9 Å². The van der Waals surface area contributed by atoms with Crippen molar-refractivity contribution in [3.63, 3.8) is 0 Å². The van der Waals surface area contributed by atoms with E-state index in [1.807, 2.05) is 0 Å². The molecule has 3 rings (SSSR count). The molecule has 0 aliphatic rings. The number of fused-ring (bicyclic) bond motifs is 1. The molecule has 118 valence electrons. The number of halogens is 4. The van der Waals surface area contributed by atoms with Crippen LogP contribution in [0.4, 0.5) is 24.5 Å². The van der Waals surface area contributed by atoms with Gasteiger partial charge in [-0.3, -0.25) is 4.98 Å². The van der Waals surface area contributed by atoms with Crippen LogP contribution < -0.4 is 5.32 Å². The van der Waals surface area contributed by atoms with Crippen LogP contribution in [0.15, 0.2) is 48.5 Å². The summed E-state index contributed by atoms with van der Waals surface area (Å²) in [5, 5.41) is 4.43. The van der Waals surface area contributed by atoms with Gasteiger partial charge in [0.25, 0.3) is 0 Å². The molecular weight excluding hydrogens is 325 g/mol. The van der Waals surface area contributed by atoms with Gasteiger partial charge >= 0.3 is 6.18 Å². The molecule has 0 spiro atoms. The first-order valence-electron chi connectivity index (χ1n) is 6.84. The number of hydrogen-bond acceptors (Lipinski definition) is 2. The van der Waals surface area contributed by atoms with Crippen molar-refractivity contribution in [3.8, 4) is 0 Å². The molecule has 0 saturated carbocycles. The normalized spacial score (nSPS) is 11.7. The summed E-state index contributed by atoms with van der Waals surface area (Å²) in [7, 11) is 0. The van der Waals surface area contributed by atoms with Gasteiger partial charge in [0, 0.05) is 27.5 Å². The van der Waals surface area contributed by atoms with Crippen molar-refractivity contribution in [2.45, 2.75) is 13.1 Å². The lowest BCUT2D eigenvalue weighted by Gasteiger charge is -2.13. The molecule has 0 fully saturated rings. The SMILES string of the molecule is Cc1cc(Nc2ccc(Cl)cc2)c2ccc(C(F)(F)F)cc2n1. The summed E-state index contributed by atoms with van der Waals surface area (Å²) in [5.74, 6) is 0. The molecule has 0 saturated heterocycles. The molecule has 2 aromatic carbocycles. The van der Waals surface area contributed by atoms with Crippen molar-refractivity contribution in [3.05, 3.63) is 64.8 Å². The third kappa shape index (κ3) is 3.40. The van der Waals surface area contributed by atoms with Crippen molar-refractivity contribution in [1.29, 1.82) is 0 Å². The Labute approximate surface area is 135 Å². The summed E-state index contributed by atoms with van der Waals surface area (Å²) >= 11 is 5.85. The molecule has 1 N–H and O–H groups in total. The number of pyridine rings is 1. The molecule has 0 radical (unpaired) electrons. The van der Waals surface area contributed by atoms with Crippen LogP contribution in [0, 0.1) is 6.92 Å². The van der Waals surface area contributed by atoms with Crippen molar-refractivity contribution < 1.29 is 13.2 Å². The Morgan fingerprint density at radius 1 is 1.00 bits per heavy atom. The quantitative estimate of drug-likeness (QED) is 0.624. The summed E-state index contributed by atoms with van der Waals surface area (Å²) < 4.78 is 38.5. The van der Waals surface area contributed by atoms with Crippen LogP contribution in [-0.4, -0.2) is 4.98 Å². The van der Waals surface area contributed by atoms with Gasteiger partial charge in [-0.25, -0.2) is 0 Å². The lowest BCUT2D eigenvalue weighted by molar-refractivity contribution is -0.137. The van der Waals surface area contributed by atoms with Gasteiger partial charge in [-0.15, -0.1) is 0 Å². The number of rotatable bonds is 2. The van der Waals surface area contributed by atoms with E-state index < -0.39 is 11.7 Å². The Balaban J connectivity index is 2.08. The highest BCUT2D eigenvalue weighted by molar-refractivity contribution is 6.30. The van der Waals surface area contributed by atoms with Crippen LogP contribution in [0.3, 0.4) is 0 Å². The van der Waals surface area contributed by atoms with Gasteiger partial charge in [0.2, 0.25) is 0 Å². The number of aromatic nitrogens is 1. The van der Waals surface area contributed by atoms with Gasteiger partial charge in [-0.05, 0) is 49.4 Å². The fourth-order valence-corrected chi connectivity index (χ4v) is 2.46. The number of alkyl halides is 3. The lowest BCUT2D eigenvalue weighted by atomic mass is 10.1. The molecular formula is C17H12ClF3N2. The monoisotopic (exact) mass is 336 g/mol. The molecule has 6 heteroatoms. The summed E-state index contributed by atoms with van der Waals surface area (Å²) in [6.45, 7) is 1.74. The minimum absolute atomic E-state index is 0.302. The second-order valence-electron chi connectivity index (χ2n) is 5.17. The summed E-state index contributed by atoms with van der Waals surface area (Å²) in [4.78, 5) is 4.21. The molecule has 2 nitrogen and oxygen atoms in total. The summed E-state index contributed by atoms with van der Waals surface area (Å²) in [6.07, 6.45) is -4.39. The Morgan fingerprint density at radius 2 is 1.70 bits per heavy atom. The van der Waals surface area contributed by atoms with Gasteiger partial charge in [-0.2, -0.15) is 13.2 Å². The van der Waals surface area contributed by atoms with Crippen molar-refractivity contribution in [1.82, 2.24) is 4.98 Å². The first kappa shape index (κ1) is 15.6. The molecule has 0 atom stereocenters. The fourth-order valence-electron chi connectivity index (χ4n) is 2.33. The Bertz CT molecular complexity index is 858. The van der Waals surface area contributed by atoms with Gasteiger partial charge in [0.05, 0.1) is 11.1 Å². The van der Waals surface area contributed by atoms with E-state index in [0.29, 0.717) is 27.3 Å². The number of aryl methyl sites for hydroxylation is 1. The first-order valence-corrected chi connectivity index (χ1v) is 7.22. The summed E-state index contributed by atoms with van der Waals surface area (Å²) in [6, 6.07) is 12.4. The number of benzene rings is 2. The van der Waals surface area contributed by atoms with Crippen LogP contribution in [0.25, 0.3) is 10.9 Å². The van der Waals surface area contributed by atoms with E-state index in [-0.39, 0.29) is 0 Å². The largest absolute Gasteiger partial charge is 0.416 e. The lowest BCUT2D eigenvalue weighted by Crippen LogP contribution is -2.05. The van der Waals surface area contributed by atoms with Crippen LogP contribution in [0.5, 0.6) is 0 Å². The Hall–Kier alpha value is -2.27. The third-order valence-electron chi connectivity index (χ3n) is 3.39.